The van der Waals surface area contributed by atoms with Gasteiger partial charge in [-0.05, 0) is 18.1 Å². The van der Waals surface area contributed by atoms with Crippen molar-refractivity contribution in [1.29, 1.82) is 5.26 Å². The van der Waals surface area contributed by atoms with Crippen molar-refractivity contribution in [2.24, 2.45) is 5.92 Å². The number of benzene rings is 1. The summed E-state index contributed by atoms with van der Waals surface area (Å²) in [5.74, 6) is 0.629. The number of rotatable bonds is 4. The zero-order chi connectivity index (χ0) is 13.5. The topological polar surface area (TPSA) is 74.2 Å². The molecule has 0 heterocycles. The third kappa shape index (κ3) is 3.67. The minimum Gasteiger partial charge on any atom is -0.495 e. The van der Waals surface area contributed by atoms with E-state index in [1.165, 1.54) is 7.11 Å². The predicted octanol–water partition coefficient (Wildman–Crippen LogP) is 2.36. The van der Waals surface area contributed by atoms with Gasteiger partial charge in [-0.1, -0.05) is 26.0 Å². The summed E-state index contributed by atoms with van der Waals surface area (Å²) in [6.45, 7) is 3.74. The average Bonchev–Trinajstić information content (AvgIpc) is 2.36. The molecule has 96 valence electrons. The Hall–Kier alpha value is -2.22. The SMILES string of the molecule is COc1ccccc1NC(=O)NC(C#N)C(C)C. The molecule has 0 radical (unpaired) electrons. The van der Waals surface area contributed by atoms with Gasteiger partial charge in [-0.25, -0.2) is 4.79 Å². The van der Waals surface area contributed by atoms with Crippen molar-refractivity contribution in [3.8, 4) is 11.8 Å². The van der Waals surface area contributed by atoms with Crippen molar-refractivity contribution in [2.75, 3.05) is 12.4 Å². The first-order valence-electron chi connectivity index (χ1n) is 5.68. The van der Waals surface area contributed by atoms with E-state index in [2.05, 4.69) is 10.6 Å². The van der Waals surface area contributed by atoms with Crippen LogP contribution in [0, 0.1) is 17.2 Å². The summed E-state index contributed by atoms with van der Waals surface area (Å²) in [6.07, 6.45) is 0. The number of para-hydroxylation sites is 2. The quantitative estimate of drug-likeness (QED) is 0.857. The van der Waals surface area contributed by atoms with E-state index in [9.17, 15) is 4.79 Å². The molecule has 0 spiro atoms. The number of methoxy groups -OCH3 is 1. The van der Waals surface area contributed by atoms with Gasteiger partial charge in [-0.3, -0.25) is 0 Å². The van der Waals surface area contributed by atoms with Crippen molar-refractivity contribution in [3.05, 3.63) is 24.3 Å². The zero-order valence-electron chi connectivity index (χ0n) is 10.7. The summed E-state index contributed by atoms with van der Waals surface area (Å²) in [6, 6.07) is 8.20. The van der Waals surface area contributed by atoms with Gasteiger partial charge in [-0.2, -0.15) is 5.26 Å². The summed E-state index contributed by atoms with van der Waals surface area (Å²) in [4.78, 5) is 11.7. The lowest BCUT2D eigenvalue weighted by atomic mass is 10.1. The minimum absolute atomic E-state index is 0.0541. The summed E-state index contributed by atoms with van der Waals surface area (Å²) in [5.41, 5.74) is 0.568. The highest BCUT2D eigenvalue weighted by Gasteiger charge is 2.15. The largest absolute Gasteiger partial charge is 0.495 e. The van der Waals surface area contributed by atoms with Crippen LogP contribution in [0.3, 0.4) is 0 Å². The molecule has 1 rings (SSSR count). The van der Waals surface area contributed by atoms with Crippen molar-refractivity contribution in [3.63, 3.8) is 0 Å². The van der Waals surface area contributed by atoms with Gasteiger partial charge in [0, 0.05) is 0 Å². The summed E-state index contributed by atoms with van der Waals surface area (Å²) in [7, 11) is 1.53. The van der Waals surface area contributed by atoms with Gasteiger partial charge in [0.2, 0.25) is 0 Å². The molecule has 0 aliphatic carbocycles. The molecule has 1 aromatic rings. The van der Waals surface area contributed by atoms with Crippen molar-refractivity contribution >= 4 is 11.7 Å². The van der Waals surface area contributed by atoms with E-state index in [-0.39, 0.29) is 5.92 Å². The first-order valence-corrected chi connectivity index (χ1v) is 5.68. The standard InChI is InChI=1S/C13H17N3O2/c1-9(2)11(8-14)16-13(17)15-10-6-4-5-7-12(10)18-3/h4-7,9,11H,1-3H3,(H2,15,16,17). The number of hydrogen-bond donors (Lipinski definition) is 2. The highest BCUT2D eigenvalue weighted by Crippen LogP contribution is 2.22. The fourth-order valence-corrected chi connectivity index (χ4v) is 1.40. The van der Waals surface area contributed by atoms with Gasteiger partial charge >= 0.3 is 6.03 Å². The number of nitrogens with zero attached hydrogens (tertiary/aromatic N) is 1. The Kier molecular flexibility index (Phi) is 5.00. The van der Waals surface area contributed by atoms with E-state index in [1.807, 2.05) is 26.0 Å². The van der Waals surface area contributed by atoms with E-state index in [0.717, 1.165) is 0 Å². The summed E-state index contributed by atoms with van der Waals surface area (Å²) < 4.78 is 5.12. The molecular weight excluding hydrogens is 230 g/mol. The number of carbonyl (C=O) groups is 1. The van der Waals surface area contributed by atoms with Gasteiger partial charge in [-0.15, -0.1) is 0 Å². The van der Waals surface area contributed by atoms with Crippen LogP contribution in [0.4, 0.5) is 10.5 Å². The van der Waals surface area contributed by atoms with Crippen LogP contribution in [0.1, 0.15) is 13.8 Å². The molecule has 0 saturated carbocycles. The molecule has 0 aliphatic rings. The molecule has 5 heteroatoms. The van der Waals surface area contributed by atoms with Gasteiger partial charge in [0.25, 0.3) is 0 Å². The molecule has 2 N–H and O–H groups in total. The maximum absolute atomic E-state index is 11.7. The van der Waals surface area contributed by atoms with Crippen molar-refractivity contribution in [1.82, 2.24) is 5.32 Å². The normalized spacial score (nSPS) is 11.5. The maximum Gasteiger partial charge on any atom is 0.320 e. The first kappa shape index (κ1) is 13.8. The second-order valence-corrected chi connectivity index (χ2v) is 4.15. The minimum atomic E-state index is -0.514. The number of carbonyl (C=O) groups excluding carboxylic acids is 1. The molecule has 2 amide bonds. The molecule has 0 saturated heterocycles. The molecule has 18 heavy (non-hydrogen) atoms. The average molecular weight is 247 g/mol. The Morgan fingerprint density at radius 1 is 1.39 bits per heavy atom. The van der Waals surface area contributed by atoms with Crippen LogP contribution >= 0.6 is 0 Å². The van der Waals surface area contributed by atoms with Crippen LogP contribution in [-0.2, 0) is 0 Å². The van der Waals surface area contributed by atoms with E-state index in [1.54, 1.807) is 18.2 Å². The highest BCUT2D eigenvalue weighted by molar-refractivity contribution is 5.91. The molecule has 0 bridgehead atoms. The smallest absolute Gasteiger partial charge is 0.320 e. The maximum atomic E-state index is 11.7. The number of ether oxygens (including phenoxy) is 1. The van der Waals surface area contributed by atoms with Crippen LogP contribution in [0.5, 0.6) is 5.75 Å². The van der Waals surface area contributed by atoms with Crippen LogP contribution in [-0.4, -0.2) is 19.2 Å². The molecule has 1 aromatic carbocycles. The van der Waals surface area contributed by atoms with E-state index in [4.69, 9.17) is 10.00 Å². The van der Waals surface area contributed by atoms with Gasteiger partial charge in [0.15, 0.2) is 0 Å². The van der Waals surface area contributed by atoms with Gasteiger partial charge in [0.05, 0.1) is 18.9 Å². The number of urea groups is 1. The molecule has 0 fully saturated rings. The number of anilines is 1. The van der Waals surface area contributed by atoms with Crippen LogP contribution in [0.2, 0.25) is 0 Å². The van der Waals surface area contributed by atoms with E-state index >= 15 is 0 Å². The lowest BCUT2D eigenvalue weighted by Crippen LogP contribution is -2.40. The zero-order valence-corrected chi connectivity index (χ0v) is 10.7. The Morgan fingerprint density at radius 2 is 2.06 bits per heavy atom. The van der Waals surface area contributed by atoms with Crippen LogP contribution in [0.25, 0.3) is 0 Å². The molecular formula is C13H17N3O2. The Labute approximate surface area is 107 Å². The Bertz CT molecular complexity index is 452. The number of nitriles is 1. The molecule has 1 atom stereocenters. The van der Waals surface area contributed by atoms with Crippen molar-refractivity contribution < 1.29 is 9.53 Å². The third-order valence-electron chi connectivity index (χ3n) is 2.45. The third-order valence-corrected chi connectivity index (χ3v) is 2.45. The number of hydrogen-bond acceptors (Lipinski definition) is 3. The summed E-state index contributed by atoms with van der Waals surface area (Å²) >= 11 is 0. The Balaban J connectivity index is 2.68. The predicted molar refractivity (Wildman–Crippen MR) is 69.4 cm³/mol. The Morgan fingerprint density at radius 3 is 2.61 bits per heavy atom. The fourth-order valence-electron chi connectivity index (χ4n) is 1.40. The van der Waals surface area contributed by atoms with Crippen LogP contribution in [0.15, 0.2) is 24.3 Å². The first-order chi connectivity index (χ1) is 8.58. The molecule has 0 aromatic heterocycles. The second kappa shape index (κ2) is 6.50. The fraction of sp³-hybridized carbons (Fsp3) is 0.385. The molecule has 0 aliphatic heterocycles. The van der Waals surface area contributed by atoms with Crippen molar-refractivity contribution in [2.45, 2.75) is 19.9 Å². The lowest BCUT2D eigenvalue weighted by Gasteiger charge is -2.16. The van der Waals surface area contributed by atoms with Gasteiger partial charge < -0.3 is 15.4 Å². The molecule has 1 unspecified atom stereocenters. The van der Waals surface area contributed by atoms with E-state index in [0.29, 0.717) is 11.4 Å². The molecule has 5 nitrogen and oxygen atoms in total. The highest BCUT2D eigenvalue weighted by atomic mass is 16.5. The number of nitrogens with one attached hydrogen (secondary N) is 2. The monoisotopic (exact) mass is 247 g/mol. The summed E-state index contributed by atoms with van der Waals surface area (Å²) in [5, 5.41) is 14.1. The number of amides is 2. The van der Waals surface area contributed by atoms with Crippen LogP contribution < -0.4 is 15.4 Å². The van der Waals surface area contributed by atoms with Gasteiger partial charge in [0.1, 0.15) is 11.8 Å². The second-order valence-electron chi connectivity index (χ2n) is 4.15. The lowest BCUT2D eigenvalue weighted by molar-refractivity contribution is 0.248. The van der Waals surface area contributed by atoms with E-state index < -0.39 is 12.1 Å².